The molecule has 2 rings (SSSR count). The predicted molar refractivity (Wildman–Crippen MR) is 83.0 cm³/mol. The van der Waals surface area contributed by atoms with Crippen molar-refractivity contribution in [3.63, 3.8) is 0 Å². The molecule has 0 aromatic rings. The van der Waals surface area contributed by atoms with E-state index < -0.39 is 13.6 Å². The van der Waals surface area contributed by atoms with E-state index >= 15 is 0 Å². The van der Waals surface area contributed by atoms with Crippen LogP contribution in [0.1, 0.15) is 39.5 Å². The lowest BCUT2D eigenvalue weighted by molar-refractivity contribution is -0.123. The monoisotopic (exact) mass is 278 g/mol. The molecule has 0 aromatic heterocycles. The summed E-state index contributed by atoms with van der Waals surface area (Å²) in [6, 6.07) is 0. The van der Waals surface area contributed by atoms with Crippen molar-refractivity contribution in [2.45, 2.75) is 64.7 Å². The minimum atomic E-state index is -1.50. The van der Waals surface area contributed by atoms with Gasteiger partial charge in [-0.1, -0.05) is 45.6 Å². The van der Waals surface area contributed by atoms with Gasteiger partial charge in [-0.2, -0.15) is 5.10 Å². The highest BCUT2D eigenvalue weighted by molar-refractivity contribution is 7.05. The summed E-state index contributed by atoms with van der Waals surface area (Å²) in [5.41, 5.74) is 2.72. The third-order valence-corrected chi connectivity index (χ3v) is 6.77. The van der Waals surface area contributed by atoms with Crippen molar-refractivity contribution in [3.8, 4) is 0 Å². The molecule has 0 bridgehead atoms. The molecule has 1 saturated carbocycles. The fourth-order valence-electron chi connectivity index (χ4n) is 3.69. The van der Waals surface area contributed by atoms with Gasteiger partial charge in [0.25, 0.3) is 0 Å². The van der Waals surface area contributed by atoms with Crippen LogP contribution in [0, 0.1) is 5.41 Å². The minimum Gasteiger partial charge on any atom is -0.297 e. The SMILES string of the molecule is CC/C=C/C[C@@]12NN=C([Si](C)(C)C)[C@]1(C)CCC2=O. The van der Waals surface area contributed by atoms with Crippen molar-refractivity contribution in [1.82, 2.24) is 5.43 Å². The quantitative estimate of drug-likeness (QED) is 0.633. The second-order valence-electron chi connectivity index (χ2n) is 7.07. The Balaban J connectivity index is 2.38. The summed E-state index contributed by atoms with van der Waals surface area (Å²) < 4.78 is 0. The van der Waals surface area contributed by atoms with E-state index in [0.29, 0.717) is 12.2 Å². The van der Waals surface area contributed by atoms with Gasteiger partial charge < -0.3 is 0 Å². The standard InChI is InChI=1S/C15H26N2OSi/c1-6-7-8-10-15-12(18)9-11-14(15,2)13(16-17-15)19(3,4)5/h7-8,17H,6,9-11H2,1-5H3/b8-7+/t14-,15-/m0/s1. The van der Waals surface area contributed by atoms with Gasteiger partial charge in [-0.3, -0.25) is 10.2 Å². The number of nitrogens with zero attached hydrogens (tertiary/aromatic N) is 1. The molecule has 4 heteroatoms. The number of nitrogens with one attached hydrogen (secondary N) is 1. The molecular weight excluding hydrogens is 252 g/mol. The van der Waals surface area contributed by atoms with Gasteiger partial charge in [-0.25, -0.2) is 0 Å². The Hall–Kier alpha value is -0.903. The zero-order valence-electron chi connectivity index (χ0n) is 12.8. The summed E-state index contributed by atoms with van der Waals surface area (Å²) in [5.74, 6) is 0.341. The maximum Gasteiger partial charge on any atom is 0.161 e. The number of Topliss-reactive ketones (excluding diaryl/α,β-unsaturated/α-hetero) is 1. The topological polar surface area (TPSA) is 41.5 Å². The number of ketones is 1. The number of carbonyl (C=O) groups is 1. The van der Waals surface area contributed by atoms with Gasteiger partial charge in [0.1, 0.15) is 5.54 Å². The van der Waals surface area contributed by atoms with E-state index in [0.717, 1.165) is 19.3 Å². The van der Waals surface area contributed by atoms with Crippen LogP contribution in [-0.2, 0) is 4.79 Å². The number of hydrogen-bond acceptors (Lipinski definition) is 3. The van der Waals surface area contributed by atoms with E-state index in [4.69, 9.17) is 0 Å². The summed E-state index contributed by atoms with van der Waals surface area (Å²) in [4.78, 5) is 12.5. The molecule has 2 atom stereocenters. The largest absolute Gasteiger partial charge is 0.297 e. The highest BCUT2D eigenvalue weighted by atomic mass is 28.3. The average molecular weight is 278 g/mol. The van der Waals surface area contributed by atoms with Crippen molar-refractivity contribution >= 4 is 19.2 Å². The molecule has 1 fully saturated rings. The molecular formula is C15H26N2OSi. The van der Waals surface area contributed by atoms with E-state index in [1.165, 1.54) is 5.33 Å². The Kier molecular flexibility index (Phi) is 3.50. The first-order valence-corrected chi connectivity index (χ1v) is 10.8. The number of hydrazone groups is 1. The van der Waals surface area contributed by atoms with Crippen LogP contribution in [0.25, 0.3) is 0 Å². The molecule has 0 saturated heterocycles. The molecule has 19 heavy (non-hydrogen) atoms. The van der Waals surface area contributed by atoms with Crippen LogP contribution in [0.15, 0.2) is 17.3 Å². The maximum atomic E-state index is 12.5. The van der Waals surface area contributed by atoms with Gasteiger partial charge in [-0.05, 0) is 19.3 Å². The summed E-state index contributed by atoms with van der Waals surface area (Å²) in [7, 11) is -1.50. The molecule has 106 valence electrons. The Morgan fingerprint density at radius 1 is 1.37 bits per heavy atom. The molecule has 0 amide bonds. The number of hydrogen-bond donors (Lipinski definition) is 1. The molecule has 1 heterocycles. The first-order chi connectivity index (χ1) is 8.78. The molecule has 0 aromatic carbocycles. The van der Waals surface area contributed by atoms with E-state index in [-0.39, 0.29) is 5.41 Å². The van der Waals surface area contributed by atoms with E-state index in [2.05, 4.69) is 56.2 Å². The molecule has 2 aliphatic rings. The lowest BCUT2D eigenvalue weighted by atomic mass is 9.73. The molecule has 3 nitrogen and oxygen atoms in total. The Morgan fingerprint density at radius 3 is 2.63 bits per heavy atom. The van der Waals surface area contributed by atoms with Crippen LogP contribution in [0.3, 0.4) is 0 Å². The van der Waals surface area contributed by atoms with Crippen molar-refractivity contribution < 1.29 is 4.79 Å². The summed E-state index contributed by atoms with van der Waals surface area (Å²) in [5, 5.41) is 5.93. The Labute approximate surface area is 117 Å². The van der Waals surface area contributed by atoms with E-state index in [9.17, 15) is 4.79 Å². The van der Waals surface area contributed by atoms with Crippen LogP contribution >= 0.6 is 0 Å². The van der Waals surface area contributed by atoms with E-state index in [1.54, 1.807) is 0 Å². The number of carbonyl (C=O) groups excluding carboxylic acids is 1. The van der Waals surface area contributed by atoms with Crippen molar-refractivity contribution in [2.24, 2.45) is 10.5 Å². The van der Waals surface area contributed by atoms with Crippen LogP contribution in [-0.4, -0.2) is 24.7 Å². The van der Waals surface area contributed by atoms with Crippen molar-refractivity contribution in [1.29, 1.82) is 0 Å². The van der Waals surface area contributed by atoms with E-state index in [1.807, 2.05) is 0 Å². The third-order valence-electron chi connectivity index (χ3n) is 4.69. The molecule has 1 aliphatic heterocycles. The second kappa shape index (κ2) is 4.58. The number of rotatable bonds is 4. The Morgan fingerprint density at radius 2 is 2.05 bits per heavy atom. The molecule has 0 radical (unpaired) electrons. The first kappa shape index (κ1) is 14.5. The van der Waals surface area contributed by atoms with Crippen molar-refractivity contribution in [3.05, 3.63) is 12.2 Å². The van der Waals surface area contributed by atoms with Gasteiger partial charge in [-0.15, -0.1) is 0 Å². The highest BCUT2D eigenvalue weighted by Crippen LogP contribution is 2.51. The van der Waals surface area contributed by atoms with Crippen LogP contribution in [0.2, 0.25) is 19.6 Å². The molecule has 1 aliphatic carbocycles. The second-order valence-corrected chi connectivity index (χ2v) is 12.0. The maximum absolute atomic E-state index is 12.5. The van der Waals surface area contributed by atoms with Gasteiger partial charge in [0, 0.05) is 17.2 Å². The summed E-state index contributed by atoms with van der Waals surface area (Å²) >= 11 is 0. The average Bonchev–Trinajstić information content (AvgIpc) is 2.72. The lowest BCUT2D eigenvalue weighted by Crippen LogP contribution is -2.57. The van der Waals surface area contributed by atoms with Gasteiger partial charge in [0.2, 0.25) is 0 Å². The third kappa shape index (κ3) is 2.00. The number of allylic oxidation sites excluding steroid dienone is 1. The fraction of sp³-hybridized carbons (Fsp3) is 0.733. The lowest BCUT2D eigenvalue weighted by Gasteiger charge is -2.38. The summed E-state index contributed by atoms with van der Waals surface area (Å²) in [6.45, 7) is 11.3. The Bertz CT molecular complexity index is 450. The first-order valence-electron chi connectivity index (χ1n) is 7.32. The zero-order chi connectivity index (χ0) is 14.3. The van der Waals surface area contributed by atoms with Crippen molar-refractivity contribution in [2.75, 3.05) is 0 Å². The van der Waals surface area contributed by atoms with Gasteiger partial charge in [0.05, 0.1) is 8.07 Å². The minimum absolute atomic E-state index is 0.0767. The fourth-order valence-corrected chi connectivity index (χ4v) is 6.07. The summed E-state index contributed by atoms with van der Waals surface area (Å²) in [6.07, 6.45) is 7.72. The molecule has 0 unspecified atom stereocenters. The zero-order valence-corrected chi connectivity index (χ0v) is 13.8. The van der Waals surface area contributed by atoms with Crippen LogP contribution < -0.4 is 5.43 Å². The highest BCUT2D eigenvalue weighted by Gasteiger charge is 2.64. The van der Waals surface area contributed by atoms with Gasteiger partial charge >= 0.3 is 0 Å². The smallest absolute Gasteiger partial charge is 0.161 e. The van der Waals surface area contributed by atoms with Crippen LogP contribution in [0.4, 0.5) is 0 Å². The molecule has 1 N–H and O–H groups in total. The van der Waals surface area contributed by atoms with Crippen LogP contribution in [0.5, 0.6) is 0 Å². The predicted octanol–water partition coefficient (Wildman–Crippen LogP) is 3.29. The number of fused-ring (bicyclic) bond motifs is 1. The molecule has 0 spiro atoms. The van der Waals surface area contributed by atoms with Gasteiger partial charge in [0.15, 0.2) is 5.78 Å². The normalized spacial score (nSPS) is 34.6.